The van der Waals surface area contributed by atoms with Crippen LogP contribution in [0.3, 0.4) is 0 Å². The maximum Gasteiger partial charge on any atom is 0.471 e. The van der Waals surface area contributed by atoms with Gasteiger partial charge >= 0.3 is 12.1 Å². The normalized spacial score (nSPS) is 28.8. The van der Waals surface area contributed by atoms with Gasteiger partial charge in [0.2, 0.25) is 0 Å². The Labute approximate surface area is 212 Å². The van der Waals surface area contributed by atoms with Crippen molar-refractivity contribution in [3.8, 4) is 0 Å². The molecule has 11 heteroatoms. The maximum atomic E-state index is 13.1. The molecule has 0 saturated carbocycles. The molecular weight excluding hydrogens is 483 g/mol. The van der Waals surface area contributed by atoms with Crippen LogP contribution in [0.4, 0.5) is 13.2 Å². The molecule has 2 aliphatic heterocycles. The van der Waals surface area contributed by atoms with Crippen molar-refractivity contribution in [3.05, 3.63) is 12.7 Å². The second-order valence-corrected chi connectivity index (χ2v) is 9.64. The van der Waals surface area contributed by atoms with E-state index in [4.69, 9.17) is 28.4 Å². The van der Waals surface area contributed by atoms with Crippen LogP contribution in [-0.2, 0) is 33.2 Å². The van der Waals surface area contributed by atoms with E-state index in [2.05, 4.69) is 13.5 Å². The average Bonchev–Trinajstić information content (AvgIpc) is 2.81. The molecular formula is C25H42F3NO7. The van der Waals surface area contributed by atoms with E-state index in [0.717, 1.165) is 19.3 Å². The highest BCUT2D eigenvalue weighted by Crippen LogP contribution is 2.35. The number of carbonyl (C=O) groups is 1. The molecule has 2 rings (SSSR count). The zero-order chi connectivity index (χ0) is 26.8. The summed E-state index contributed by atoms with van der Waals surface area (Å²) in [6.07, 6.45) is -0.242. The lowest BCUT2D eigenvalue weighted by Crippen LogP contribution is -2.69. The van der Waals surface area contributed by atoms with Gasteiger partial charge in [-0.2, -0.15) is 13.2 Å². The van der Waals surface area contributed by atoms with E-state index in [9.17, 15) is 18.0 Å². The minimum atomic E-state index is -5.08. The van der Waals surface area contributed by atoms with Crippen LogP contribution in [0.25, 0.3) is 0 Å². The highest BCUT2D eigenvalue weighted by Gasteiger charge is 2.54. The second-order valence-electron chi connectivity index (χ2n) is 9.64. The first-order chi connectivity index (χ1) is 17.0. The fourth-order valence-corrected chi connectivity index (χ4v) is 4.41. The second kappa shape index (κ2) is 14.6. The summed E-state index contributed by atoms with van der Waals surface area (Å²) in [5, 5.41) is 2.01. The lowest BCUT2D eigenvalue weighted by Gasteiger charge is -2.51. The van der Waals surface area contributed by atoms with E-state index in [1.165, 1.54) is 25.3 Å². The van der Waals surface area contributed by atoms with Gasteiger partial charge in [-0.1, -0.05) is 45.1 Å². The molecule has 0 radical (unpaired) electrons. The van der Waals surface area contributed by atoms with Crippen LogP contribution in [0.1, 0.15) is 65.7 Å². The van der Waals surface area contributed by atoms with E-state index >= 15 is 0 Å². The van der Waals surface area contributed by atoms with Crippen molar-refractivity contribution in [1.82, 2.24) is 5.32 Å². The molecule has 6 atom stereocenters. The van der Waals surface area contributed by atoms with Crippen molar-refractivity contribution in [1.29, 1.82) is 0 Å². The lowest BCUT2D eigenvalue weighted by atomic mass is 9.94. The first-order valence-electron chi connectivity index (χ1n) is 12.7. The molecule has 36 heavy (non-hydrogen) atoms. The number of rotatable bonds is 15. The van der Waals surface area contributed by atoms with Crippen LogP contribution in [0.15, 0.2) is 12.7 Å². The average molecular weight is 526 g/mol. The third-order valence-electron chi connectivity index (χ3n) is 6.31. The monoisotopic (exact) mass is 525 g/mol. The standard InChI is InChI=1S/C25H42F3NO7/c1-6-8-9-10-11-12-17(31-5)13-15-32-21-19(29-23(30)25(26,27)28)22(33-14-7-2)35-18-16-34-24(3,4)36-20(18)21/h7,17-22H,2,6,8-16H2,1,3-5H3,(H,29,30)/t17?,18-,19?,20?,21?,22?/m1/s1. The molecule has 1 N–H and O–H groups in total. The summed E-state index contributed by atoms with van der Waals surface area (Å²) in [4.78, 5) is 11.9. The number of alkyl halides is 3. The van der Waals surface area contributed by atoms with Crippen molar-refractivity contribution in [2.45, 2.75) is 114 Å². The number of fused-ring (bicyclic) bond motifs is 1. The number of amides is 1. The summed E-state index contributed by atoms with van der Waals surface area (Å²) in [6.45, 7) is 9.45. The Morgan fingerprint density at radius 2 is 1.92 bits per heavy atom. The van der Waals surface area contributed by atoms with Crippen LogP contribution in [0.5, 0.6) is 0 Å². The Hall–Kier alpha value is -1.24. The van der Waals surface area contributed by atoms with Crippen molar-refractivity contribution >= 4 is 5.91 Å². The summed E-state index contributed by atoms with van der Waals surface area (Å²) in [6, 6.07) is -1.27. The van der Waals surface area contributed by atoms with E-state index < -0.39 is 48.5 Å². The molecule has 2 aliphatic rings. The number of halogens is 3. The zero-order valence-corrected chi connectivity index (χ0v) is 21.8. The predicted octanol–water partition coefficient (Wildman–Crippen LogP) is 4.26. The van der Waals surface area contributed by atoms with Gasteiger partial charge in [0, 0.05) is 13.7 Å². The molecule has 0 aromatic heterocycles. The topological polar surface area (TPSA) is 84.5 Å². The number of hydrogen-bond donors (Lipinski definition) is 1. The summed E-state index contributed by atoms with van der Waals surface area (Å²) < 4.78 is 74.3. The van der Waals surface area contributed by atoms with Gasteiger partial charge in [0.25, 0.3) is 0 Å². The molecule has 8 nitrogen and oxygen atoms in total. The van der Waals surface area contributed by atoms with E-state index in [-0.39, 0.29) is 25.9 Å². The first-order valence-corrected chi connectivity index (χ1v) is 12.7. The van der Waals surface area contributed by atoms with Crippen molar-refractivity contribution in [2.75, 3.05) is 26.9 Å². The third-order valence-corrected chi connectivity index (χ3v) is 6.31. The smallest absolute Gasteiger partial charge is 0.381 e. The molecule has 5 unspecified atom stereocenters. The van der Waals surface area contributed by atoms with Crippen molar-refractivity contribution < 1.29 is 46.4 Å². The number of ether oxygens (including phenoxy) is 6. The Morgan fingerprint density at radius 3 is 2.56 bits per heavy atom. The van der Waals surface area contributed by atoms with Crippen LogP contribution in [0.2, 0.25) is 0 Å². The van der Waals surface area contributed by atoms with Crippen molar-refractivity contribution in [3.63, 3.8) is 0 Å². The highest BCUT2D eigenvalue weighted by atomic mass is 19.4. The quantitative estimate of drug-likeness (QED) is 0.253. The maximum absolute atomic E-state index is 13.1. The molecule has 1 amide bonds. The SMILES string of the molecule is C=CCOC1O[C@@H]2COC(C)(C)OC2C(OCCC(CCCCCCC)OC)C1NC(=O)C(F)(F)F. The van der Waals surface area contributed by atoms with Crippen LogP contribution in [-0.4, -0.2) is 81.5 Å². The third kappa shape index (κ3) is 9.57. The minimum Gasteiger partial charge on any atom is -0.381 e. The fraction of sp³-hybridized carbons (Fsp3) is 0.880. The molecule has 0 spiro atoms. The highest BCUT2D eigenvalue weighted by molar-refractivity contribution is 5.82. The minimum absolute atomic E-state index is 0.00412. The van der Waals surface area contributed by atoms with E-state index in [1.807, 2.05) is 5.32 Å². The van der Waals surface area contributed by atoms with Crippen LogP contribution < -0.4 is 5.32 Å². The summed E-state index contributed by atoms with van der Waals surface area (Å²) >= 11 is 0. The van der Waals surface area contributed by atoms with E-state index in [0.29, 0.717) is 6.42 Å². The Morgan fingerprint density at radius 1 is 1.19 bits per heavy atom. The first kappa shape index (κ1) is 31.0. The van der Waals surface area contributed by atoms with Crippen LogP contribution in [0, 0.1) is 0 Å². The van der Waals surface area contributed by atoms with Gasteiger partial charge in [0.05, 0.1) is 19.3 Å². The van der Waals surface area contributed by atoms with Gasteiger partial charge in [0.1, 0.15) is 24.4 Å². The number of hydrogen-bond acceptors (Lipinski definition) is 7. The lowest BCUT2D eigenvalue weighted by molar-refractivity contribution is -0.371. The number of nitrogens with one attached hydrogen (secondary N) is 1. The van der Waals surface area contributed by atoms with Gasteiger partial charge in [-0.05, 0) is 26.7 Å². The fourth-order valence-electron chi connectivity index (χ4n) is 4.41. The summed E-state index contributed by atoms with van der Waals surface area (Å²) in [7, 11) is 1.64. The summed E-state index contributed by atoms with van der Waals surface area (Å²) in [5.74, 6) is -3.11. The largest absolute Gasteiger partial charge is 0.471 e. The predicted molar refractivity (Wildman–Crippen MR) is 126 cm³/mol. The summed E-state index contributed by atoms with van der Waals surface area (Å²) in [5.41, 5.74) is 0. The molecule has 0 aromatic carbocycles. The number of unbranched alkanes of at least 4 members (excludes halogenated alkanes) is 4. The molecule has 0 bridgehead atoms. The van der Waals surface area contributed by atoms with Gasteiger partial charge in [-0.3, -0.25) is 4.79 Å². The number of methoxy groups -OCH3 is 1. The molecule has 2 heterocycles. The molecule has 2 fully saturated rings. The number of carbonyl (C=O) groups excluding carboxylic acids is 1. The zero-order valence-electron chi connectivity index (χ0n) is 21.8. The molecule has 0 aliphatic carbocycles. The van der Waals surface area contributed by atoms with Gasteiger partial charge in [-0.25, -0.2) is 0 Å². The molecule has 0 aromatic rings. The Kier molecular flexibility index (Phi) is 12.6. The van der Waals surface area contributed by atoms with Crippen molar-refractivity contribution in [2.24, 2.45) is 0 Å². The van der Waals surface area contributed by atoms with Gasteiger partial charge in [0.15, 0.2) is 12.1 Å². The Bertz CT molecular complexity index is 677. The van der Waals surface area contributed by atoms with E-state index in [1.54, 1.807) is 21.0 Å². The van der Waals surface area contributed by atoms with Crippen LogP contribution >= 0.6 is 0 Å². The van der Waals surface area contributed by atoms with Gasteiger partial charge < -0.3 is 33.7 Å². The Balaban J connectivity index is 2.14. The molecule has 210 valence electrons. The van der Waals surface area contributed by atoms with Gasteiger partial charge in [-0.15, -0.1) is 6.58 Å². The molecule has 2 saturated heterocycles.